The van der Waals surface area contributed by atoms with Crippen LogP contribution in [-0.4, -0.2) is 95.0 Å². The maximum atomic E-state index is 11.9. The lowest BCUT2D eigenvalue weighted by Crippen LogP contribution is -2.37. The van der Waals surface area contributed by atoms with Crippen molar-refractivity contribution in [2.24, 2.45) is 0 Å². The fraction of sp³-hybridized carbons (Fsp3) is 0.432. The monoisotopic (exact) mass is 697 g/mol. The number of benzene rings is 3. The Morgan fingerprint density at radius 3 is 1.55 bits per heavy atom. The van der Waals surface area contributed by atoms with Gasteiger partial charge < -0.3 is 20.6 Å². The van der Waals surface area contributed by atoms with Crippen molar-refractivity contribution in [2.45, 2.75) is 50.7 Å². The number of nitrogens with one attached hydrogen (secondary N) is 2. The number of hydrogen-bond acceptors (Lipinski definition) is 7. The van der Waals surface area contributed by atoms with Crippen LogP contribution < -0.4 is 10.6 Å². The first-order valence-corrected chi connectivity index (χ1v) is 20.2. The lowest BCUT2D eigenvalue weighted by molar-refractivity contribution is 0.0871. The van der Waals surface area contributed by atoms with E-state index in [1.54, 1.807) is 23.9 Å². The van der Waals surface area contributed by atoms with Crippen molar-refractivity contribution in [3.8, 4) is 0 Å². The summed E-state index contributed by atoms with van der Waals surface area (Å²) in [6, 6.07) is 28.6. The molecule has 3 amide bonds. The zero-order chi connectivity index (χ0) is 34.3. The first-order valence-electron chi connectivity index (χ1n) is 16.0. The molecule has 3 aromatic rings. The van der Waals surface area contributed by atoms with Crippen molar-refractivity contribution in [3.05, 3.63) is 108 Å². The highest BCUT2D eigenvalue weighted by Crippen LogP contribution is 2.24. The van der Waals surface area contributed by atoms with E-state index in [0.717, 1.165) is 60.6 Å². The first-order chi connectivity index (χ1) is 22.9. The molecule has 256 valence electrons. The molecule has 0 aliphatic carbocycles. The Morgan fingerprint density at radius 1 is 0.702 bits per heavy atom. The van der Waals surface area contributed by atoms with Crippen molar-refractivity contribution < 1.29 is 19.5 Å². The predicted molar refractivity (Wildman–Crippen MR) is 203 cm³/mol. The lowest BCUT2D eigenvalue weighted by atomic mass is 10.1. The number of carbonyl (C=O) groups is 3. The zero-order valence-corrected chi connectivity index (χ0v) is 30.5. The number of nitrogens with zero attached hydrogens (tertiary/aromatic N) is 1. The summed E-state index contributed by atoms with van der Waals surface area (Å²) in [6.07, 6.45) is 10.1. The van der Waals surface area contributed by atoms with E-state index in [1.807, 2.05) is 114 Å². The van der Waals surface area contributed by atoms with Gasteiger partial charge in [0, 0.05) is 29.3 Å². The van der Waals surface area contributed by atoms with Crippen LogP contribution in [0, 0.1) is 0 Å². The topological polar surface area (TPSA) is 98.5 Å². The predicted octanol–water partition coefficient (Wildman–Crippen LogP) is 6.74. The largest absolute Gasteiger partial charge is 0.394 e. The van der Waals surface area contributed by atoms with E-state index in [1.165, 1.54) is 0 Å². The minimum absolute atomic E-state index is 0.0147. The van der Waals surface area contributed by atoms with Gasteiger partial charge >= 0.3 is 0 Å². The summed E-state index contributed by atoms with van der Waals surface area (Å²) in [5.41, 5.74) is 2.18. The van der Waals surface area contributed by atoms with E-state index in [4.69, 9.17) is 5.11 Å². The Labute approximate surface area is 294 Å². The maximum absolute atomic E-state index is 11.9. The van der Waals surface area contributed by atoms with Crippen molar-refractivity contribution in [1.82, 2.24) is 15.5 Å². The highest BCUT2D eigenvalue weighted by molar-refractivity contribution is 7.98. The number of aliphatic hydroxyl groups excluding tert-OH is 1. The van der Waals surface area contributed by atoms with E-state index in [9.17, 15) is 14.4 Å². The van der Waals surface area contributed by atoms with Gasteiger partial charge in [-0.1, -0.05) is 61.5 Å². The second-order valence-electron chi connectivity index (χ2n) is 11.0. The van der Waals surface area contributed by atoms with Crippen LogP contribution in [0.4, 0.5) is 0 Å². The van der Waals surface area contributed by atoms with Crippen molar-refractivity contribution in [3.63, 3.8) is 0 Å². The fourth-order valence-electron chi connectivity index (χ4n) is 4.50. The number of carbonyl (C=O) groups excluding carboxylic acids is 3. The molecule has 3 aromatic carbocycles. The van der Waals surface area contributed by atoms with Gasteiger partial charge in [0.15, 0.2) is 0 Å². The lowest BCUT2D eigenvalue weighted by Gasteiger charge is -2.16. The molecule has 1 heterocycles. The quantitative estimate of drug-likeness (QED) is 0.143. The molecular weight excluding hydrogens is 647 g/mol. The van der Waals surface area contributed by atoms with E-state index >= 15 is 0 Å². The van der Waals surface area contributed by atoms with E-state index in [-0.39, 0.29) is 30.4 Å². The molecule has 0 unspecified atom stereocenters. The van der Waals surface area contributed by atoms with Crippen molar-refractivity contribution >= 4 is 53.0 Å². The molecule has 47 heavy (non-hydrogen) atoms. The van der Waals surface area contributed by atoms with E-state index in [0.29, 0.717) is 17.6 Å². The Kier molecular flexibility index (Phi) is 20.8. The third-order valence-corrected chi connectivity index (χ3v) is 9.38. The molecule has 3 N–H and O–H groups in total. The van der Waals surface area contributed by atoms with Crippen LogP contribution in [0.1, 0.15) is 63.7 Å². The average Bonchev–Trinajstić information content (AvgIpc) is 3.91. The van der Waals surface area contributed by atoms with Gasteiger partial charge in [-0.25, -0.2) is 0 Å². The number of hydrogen-bond donors (Lipinski definition) is 3. The molecule has 0 radical (unpaired) electrons. The average molecular weight is 698 g/mol. The summed E-state index contributed by atoms with van der Waals surface area (Å²) in [4.78, 5) is 37.5. The fourth-order valence-corrected chi connectivity index (χ4v) is 6.05. The molecule has 3 atom stereocenters. The third-order valence-electron chi connectivity index (χ3n) is 7.45. The van der Waals surface area contributed by atoms with E-state index in [2.05, 4.69) is 30.1 Å². The van der Waals surface area contributed by atoms with Crippen LogP contribution in [0.3, 0.4) is 0 Å². The highest BCUT2D eigenvalue weighted by atomic mass is 32.2. The van der Waals surface area contributed by atoms with Crippen molar-refractivity contribution in [2.75, 3.05) is 49.2 Å². The third kappa shape index (κ3) is 16.2. The molecular formula is C37H51N3O4S3. The van der Waals surface area contributed by atoms with Gasteiger partial charge in [0.1, 0.15) is 0 Å². The number of aliphatic hydroxyl groups is 1. The second kappa shape index (κ2) is 24.3. The van der Waals surface area contributed by atoms with Gasteiger partial charge in [-0.05, 0) is 98.1 Å². The Hall–Kier alpha value is -2.92. The van der Waals surface area contributed by atoms with Gasteiger partial charge in [0.2, 0.25) is 0 Å². The van der Waals surface area contributed by atoms with Gasteiger partial charge in [0.05, 0.1) is 18.7 Å². The summed E-state index contributed by atoms with van der Waals surface area (Å²) in [5, 5.41) is 15.0. The molecule has 1 aliphatic heterocycles. The van der Waals surface area contributed by atoms with Gasteiger partial charge in [-0.3, -0.25) is 14.4 Å². The first kappa shape index (κ1) is 40.3. The van der Waals surface area contributed by atoms with Gasteiger partial charge in [0.25, 0.3) is 17.7 Å². The summed E-state index contributed by atoms with van der Waals surface area (Å²) >= 11 is 5.36. The summed E-state index contributed by atoms with van der Waals surface area (Å²) in [6.45, 7) is 3.03. The smallest absolute Gasteiger partial charge is 0.254 e. The Bertz CT molecular complexity index is 1220. The minimum Gasteiger partial charge on any atom is -0.394 e. The van der Waals surface area contributed by atoms with Crippen LogP contribution in [0.2, 0.25) is 0 Å². The molecule has 1 saturated heterocycles. The molecule has 10 heteroatoms. The van der Waals surface area contributed by atoms with Crippen LogP contribution >= 0.6 is 35.3 Å². The highest BCUT2D eigenvalue weighted by Gasteiger charge is 2.37. The SMILES string of the molecule is CC[C@H](CCSC)NC(=O)c1ccccc1.CSCC[C@@H](CO)NC(=O)c1ccccc1.CSCC[C@H]1CN1C(=O)c1ccccc1. The molecule has 0 saturated carbocycles. The molecule has 1 aliphatic rings. The van der Waals surface area contributed by atoms with Gasteiger partial charge in [-0.15, -0.1) is 0 Å². The van der Waals surface area contributed by atoms with Gasteiger partial charge in [-0.2, -0.15) is 35.3 Å². The van der Waals surface area contributed by atoms with Crippen molar-refractivity contribution in [1.29, 1.82) is 0 Å². The van der Waals surface area contributed by atoms with Crippen LogP contribution in [0.15, 0.2) is 91.0 Å². The second-order valence-corrected chi connectivity index (χ2v) is 13.9. The number of thioether (sulfide) groups is 3. The maximum Gasteiger partial charge on any atom is 0.254 e. The minimum atomic E-state index is -0.153. The number of amides is 3. The molecule has 7 nitrogen and oxygen atoms in total. The summed E-state index contributed by atoms with van der Waals surface area (Å²) in [5.74, 6) is 3.26. The van der Waals surface area contributed by atoms with Crippen LogP contribution in [0.5, 0.6) is 0 Å². The van der Waals surface area contributed by atoms with Crippen LogP contribution in [0.25, 0.3) is 0 Å². The Balaban J connectivity index is 0.000000245. The van der Waals surface area contributed by atoms with Crippen LogP contribution in [-0.2, 0) is 0 Å². The van der Waals surface area contributed by atoms with E-state index < -0.39 is 0 Å². The number of rotatable bonds is 16. The molecule has 4 rings (SSSR count). The molecule has 0 bridgehead atoms. The standard InChI is InChI=1S/C13H19NOS.C12H17NO2S.C12H15NOS/c1-3-12(9-10-16-2)14-13(15)11-7-5-4-6-8-11;1-16-8-7-11(9-14)13-12(15)10-5-3-2-4-6-10;1-15-8-7-11-9-13(11)12(14)10-5-3-2-4-6-10/h4-8,12H,3,9-10H2,1-2H3,(H,14,15);2-6,11,14H,7-9H2,1H3,(H,13,15);2-6,11H,7-9H2,1H3/t12-;11-;11-,13?/m100/s1. The Morgan fingerprint density at radius 2 is 1.13 bits per heavy atom. The zero-order valence-electron chi connectivity index (χ0n) is 28.1. The molecule has 0 aromatic heterocycles. The summed E-state index contributed by atoms with van der Waals surface area (Å²) < 4.78 is 0. The molecule has 0 spiro atoms. The normalized spacial score (nSPS) is 14.3. The summed E-state index contributed by atoms with van der Waals surface area (Å²) in [7, 11) is 0. The molecule has 1 fully saturated rings.